The molecule has 10 heteroatoms. The monoisotopic (exact) mass is 541 g/mol. The maximum Gasteiger partial charge on any atom is 0.320 e. The zero-order chi connectivity index (χ0) is 26.7. The van der Waals surface area contributed by atoms with Gasteiger partial charge in [-0.25, -0.2) is 0 Å². The normalized spacial score (nSPS) is 11.3. The van der Waals surface area contributed by atoms with Crippen molar-refractivity contribution in [1.82, 2.24) is 5.32 Å². The number of hydrogen-bond acceptors (Lipinski definition) is 9. The first-order valence-corrected chi connectivity index (χ1v) is 12.3. The summed E-state index contributed by atoms with van der Waals surface area (Å²) in [4.78, 5) is 33.4. The van der Waals surface area contributed by atoms with E-state index in [2.05, 4.69) is 21.2 Å². The largest absolute Gasteiger partial charge is 0.460 e. The number of ether oxygens (including phenoxy) is 3. The first kappa shape index (κ1) is 36.3. The van der Waals surface area contributed by atoms with E-state index >= 15 is 0 Å². The van der Waals surface area contributed by atoms with E-state index < -0.39 is 11.2 Å². The summed E-state index contributed by atoms with van der Waals surface area (Å²) >= 11 is 2.99. The second-order valence-electron chi connectivity index (χ2n) is 10.1. The lowest BCUT2D eigenvalue weighted by Crippen LogP contribution is -2.32. The lowest BCUT2D eigenvalue weighted by Gasteiger charge is -2.20. The topological polar surface area (TPSA) is 143 Å². The minimum Gasteiger partial charge on any atom is -0.460 e. The molecule has 0 heterocycles. The van der Waals surface area contributed by atoms with Crippen LogP contribution in [0.4, 0.5) is 0 Å². The van der Waals surface area contributed by atoms with Gasteiger partial charge in [-0.3, -0.25) is 14.4 Å². The predicted molar refractivity (Wildman–Crippen MR) is 136 cm³/mol. The van der Waals surface area contributed by atoms with Gasteiger partial charge in [-0.15, -0.1) is 0 Å². The van der Waals surface area contributed by atoms with Gasteiger partial charge >= 0.3 is 17.9 Å². The number of unbranched alkanes of at least 4 members (excludes halogenated alkanes) is 1. The van der Waals surface area contributed by atoms with Crippen molar-refractivity contribution in [2.24, 2.45) is 11.5 Å². The van der Waals surface area contributed by atoms with Crippen LogP contribution < -0.4 is 16.8 Å². The molecule has 0 aromatic carbocycles. The Hall–Kier alpha value is -1.23. The molecule has 0 aromatic rings. The van der Waals surface area contributed by atoms with Gasteiger partial charge in [-0.1, -0.05) is 15.9 Å². The Morgan fingerprint density at radius 2 is 1.09 bits per heavy atom. The van der Waals surface area contributed by atoms with Crippen molar-refractivity contribution in [1.29, 1.82) is 0 Å². The highest BCUT2D eigenvalue weighted by Crippen LogP contribution is 2.10. The fourth-order valence-electron chi connectivity index (χ4n) is 1.85. The van der Waals surface area contributed by atoms with E-state index in [1.165, 1.54) is 0 Å². The highest BCUT2D eigenvalue weighted by Gasteiger charge is 2.17. The Morgan fingerprint density at radius 1 is 0.697 bits per heavy atom. The van der Waals surface area contributed by atoms with E-state index in [-0.39, 0.29) is 35.4 Å². The van der Waals surface area contributed by atoms with Crippen LogP contribution in [-0.4, -0.2) is 66.2 Å². The van der Waals surface area contributed by atoms with Gasteiger partial charge in [-0.05, 0) is 81.7 Å². The van der Waals surface area contributed by atoms with E-state index in [9.17, 15) is 14.4 Å². The van der Waals surface area contributed by atoms with Crippen molar-refractivity contribution in [2.45, 2.75) is 98.4 Å². The SMILES string of the molecule is CC(C)(C)OC(=O)CBr.CC(C)(C)OC(=O)CCCCNCC(=O)OC(C)(C)C.NCCN. The minimum absolute atomic E-state index is 0.176. The van der Waals surface area contributed by atoms with Gasteiger partial charge in [0.05, 0.1) is 6.54 Å². The average molecular weight is 543 g/mol. The molecule has 0 amide bonds. The zero-order valence-electron chi connectivity index (χ0n) is 22.1. The van der Waals surface area contributed by atoms with Gasteiger partial charge in [-0.2, -0.15) is 0 Å². The first-order valence-electron chi connectivity index (χ1n) is 11.2. The van der Waals surface area contributed by atoms with E-state index in [0.29, 0.717) is 26.1 Å². The van der Waals surface area contributed by atoms with Crippen molar-refractivity contribution >= 4 is 33.8 Å². The third-order valence-corrected chi connectivity index (χ3v) is 3.25. The van der Waals surface area contributed by atoms with E-state index in [4.69, 9.17) is 25.7 Å². The number of esters is 3. The lowest BCUT2D eigenvalue weighted by molar-refractivity contribution is -0.155. The van der Waals surface area contributed by atoms with Crippen LogP contribution >= 0.6 is 15.9 Å². The Balaban J connectivity index is -0.000000569. The zero-order valence-corrected chi connectivity index (χ0v) is 23.7. The van der Waals surface area contributed by atoms with Gasteiger partial charge < -0.3 is 31.0 Å². The molecule has 0 saturated heterocycles. The summed E-state index contributed by atoms with van der Waals surface area (Å²) in [5, 5.41) is 3.27. The summed E-state index contributed by atoms with van der Waals surface area (Å²) in [6, 6.07) is 0. The third-order valence-electron chi connectivity index (χ3n) is 2.79. The molecule has 0 aromatic heterocycles. The van der Waals surface area contributed by atoms with Crippen LogP contribution in [0.5, 0.6) is 0 Å². The Kier molecular flexibility index (Phi) is 21.1. The van der Waals surface area contributed by atoms with Crippen LogP contribution in [0, 0.1) is 0 Å². The molecule has 0 aliphatic rings. The molecular formula is C23H48BrN3O6. The third kappa shape index (κ3) is 38.4. The van der Waals surface area contributed by atoms with Gasteiger partial charge in [0.25, 0.3) is 0 Å². The van der Waals surface area contributed by atoms with Crippen molar-refractivity contribution in [3.8, 4) is 0 Å². The predicted octanol–water partition coefficient (Wildman–Crippen LogP) is 3.06. The average Bonchev–Trinajstić information content (AvgIpc) is 2.61. The van der Waals surface area contributed by atoms with Crippen LogP contribution in [-0.2, 0) is 28.6 Å². The van der Waals surface area contributed by atoms with Gasteiger partial charge in [0.2, 0.25) is 0 Å². The van der Waals surface area contributed by atoms with E-state index in [1.54, 1.807) is 0 Å². The molecule has 0 saturated carbocycles. The number of hydrogen-bond donors (Lipinski definition) is 3. The molecule has 33 heavy (non-hydrogen) atoms. The second-order valence-corrected chi connectivity index (χ2v) is 10.7. The van der Waals surface area contributed by atoms with Crippen LogP contribution in [0.3, 0.4) is 0 Å². The maximum absolute atomic E-state index is 11.4. The minimum atomic E-state index is -0.449. The molecule has 0 fully saturated rings. The fourth-order valence-corrected chi connectivity index (χ4v) is 1.96. The molecule has 0 unspecified atom stereocenters. The summed E-state index contributed by atoms with van der Waals surface area (Å²) in [6.45, 7) is 18.7. The summed E-state index contributed by atoms with van der Waals surface area (Å²) in [5.74, 6) is -0.656. The number of halogens is 1. The molecule has 0 radical (unpaired) electrons. The maximum atomic E-state index is 11.4. The molecule has 198 valence electrons. The smallest absolute Gasteiger partial charge is 0.320 e. The summed E-state index contributed by atoms with van der Waals surface area (Å²) in [7, 11) is 0. The molecule has 0 aliphatic heterocycles. The van der Waals surface area contributed by atoms with Crippen molar-refractivity contribution in [2.75, 3.05) is 31.5 Å². The molecule has 0 aliphatic carbocycles. The fraction of sp³-hybridized carbons (Fsp3) is 0.870. The standard InChI is InChI=1S/C15H29NO4.C6H11BrO2.C2H8N2/c1-14(2,3)19-12(17)9-7-8-10-16-11-13(18)20-15(4,5)6;1-6(2,3)9-5(8)4-7;3-1-2-4/h16H,7-11H2,1-6H3;4H2,1-3H3;1-4H2. The van der Waals surface area contributed by atoms with Crippen LogP contribution in [0.1, 0.15) is 81.6 Å². The van der Waals surface area contributed by atoms with Gasteiger partial charge in [0, 0.05) is 19.5 Å². The number of nitrogens with one attached hydrogen (secondary N) is 1. The van der Waals surface area contributed by atoms with Crippen molar-refractivity contribution in [3.05, 3.63) is 0 Å². The Labute approximate surface area is 209 Å². The molecule has 0 bridgehead atoms. The lowest BCUT2D eigenvalue weighted by atomic mass is 10.2. The highest BCUT2D eigenvalue weighted by molar-refractivity contribution is 9.09. The van der Waals surface area contributed by atoms with E-state index in [0.717, 1.165) is 12.8 Å². The molecule has 9 nitrogen and oxygen atoms in total. The summed E-state index contributed by atoms with van der Waals surface area (Å²) in [5.41, 5.74) is 8.58. The molecule has 0 atom stereocenters. The van der Waals surface area contributed by atoms with E-state index in [1.807, 2.05) is 62.3 Å². The van der Waals surface area contributed by atoms with Crippen LogP contribution in [0.2, 0.25) is 0 Å². The van der Waals surface area contributed by atoms with Crippen molar-refractivity contribution in [3.63, 3.8) is 0 Å². The van der Waals surface area contributed by atoms with Gasteiger partial charge in [0.1, 0.15) is 22.1 Å². The quantitative estimate of drug-likeness (QED) is 0.173. The van der Waals surface area contributed by atoms with Gasteiger partial charge in [0.15, 0.2) is 0 Å². The number of carbonyl (C=O) groups is 3. The Bertz CT molecular complexity index is 504. The second kappa shape index (κ2) is 19.1. The van der Waals surface area contributed by atoms with Crippen LogP contribution in [0.25, 0.3) is 0 Å². The molecule has 5 N–H and O–H groups in total. The molecular weight excluding hydrogens is 494 g/mol. The van der Waals surface area contributed by atoms with Crippen LogP contribution in [0.15, 0.2) is 0 Å². The summed E-state index contributed by atoms with van der Waals surface area (Å²) < 4.78 is 15.3. The van der Waals surface area contributed by atoms with Crippen molar-refractivity contribution < 1.29 is 28.6 Å². The number of carbonyl (C=O) groups excluding carboxylic acids is 3. The number of alkyl halides is 1. The highest BCUT2D eigenvalue weighted by atomic mass is 79.9. The Morgan fingerprint density at radius 3 is 1.42 bits per heavy atom. The number of rotatable bonds is 9. The summed E-state index contributed by atoms with van der Waals surface area (Å²) in [6.07, 6.45) is 1.98. The first-order chi connectivity index (χ1) is 14.9. The molecule has 0 rings (SSSR count). The molecule has 0 spiro atoms. The number of nitrogens with two attached hydrogens (primary N) is 2.